The molecule has 1 fully saturated rings. The van der Waals surface area contributed by atoms with Gasteiger partial charge < -0.3 is 10.6 Å². The van der Waals surface area contributed by atoms with Crippen molar-refractivity contribution in [2.45, 2.75) is 44.3 Å². The third kappa shape index (κ3) is 4.93. The number of likely N-dealkylation sites (tertiary alicyclic amines) is 1. The van der Waals surface area contributed by atoms with Crippen LogP contribution in [0.2, 0.25) is 0 Å². The number of aryl methyl sites for hydroxylation is 1. The number of nitrogens with zero attached hydrogens (tertiary/aromatic N) is 2. The molecule has 156 valence electrons. The lowest BCUT2D eigenvalue weighted by atomic mass is 9.89. The summed E-state index contributed by atoms with van der Waals surface area (Å²) in [6, 6.07) is 5.65. The molecule has 0 unspecified atom stereocenters. The molecule has 1 saturated heterocycles. The van der Waals surface area contributed by atoms with Gasteiger partial charge in [0.2, 0.25) is 5.91 Å². The van der Waals surface area contributed by atoms with E-state index < -0.39 is 29.2 Å². The Balaban J connectivity index is 1.56. The normalized spacial score (nSPS) is 17.2. The molecular formula is C21H23F4N3O. The van der Waals surface area contributed by atoms with E-state index in [1.54, 1.807) is 25.1 Å². The van der Waals surface area contributed by atoms with Crippen LogP contribution in [-0.2, 0) is 16.9 Å². The molecule has 1 aromatic heterocycles. The Kier molecular flexibility index (Phi) is 6.21. The van der Waals surface area contributed by atoms with Gasteiger partial charge in [0.15, 0.2) is 17.3 Å². The van der Waals surface area contributed by atoms with Gasteiger partial charge in [0, 0.05) is 50.2 Å². The van der Waals surface area contributed by atoms with Gasteiger partial charge in [-0.25, -0.2) is 17.6 Å². The highest BCUT2D eigenvalue weighted by Crippen LogP contribution is 2.36. The maximum absolute atomic E-state index is 15.3. The zero-order valence-corrected chi connectivity index (χ0v) is 16.1. The van der Waals surface area contributed by atoms with Gasteiger partial charge in [-0.1, -0.05) is 6.07 Å². The molecule has 8 heteroatoms. The average Bonchev–Trinajstić information content (AvgIpc) is 2.66. The van der Waals surface area contributed by atoms with Crippen LogP contribution in [0.15, 0.2) is 30.3 Å². The van der Waals surface area contributed by atoms with Crippen molar-refractivity contribution in [1.29, 1.82) is 0 Å². The number of halogens is 4. The van der Waals surface area contributed by atoms with Gasteiger partial charge in [-0.3, -0.25) is 9.78 Å². The van der Waals surface area contributed by atoms with E-state index in [4.69, 9.17) is 5.73 Å². The molecule has 1 aliphatic heterocycles. The number of carbonyl (C=O) groups is 1. The quantitative estimate of drug-likeness (QED) is 0.607. The first-order valence-corrected chi connectivity index (χ1v) is 9.48. The van der Waals surface area contributed by atoms with Crippen molar-refractivity contribution in [2.24, 2.45) is 5.73 Å². The Hall–Kier alpha value is -2.48. The molecule has 2 aromatic rings. The molecule has 29 heavy (non-hydrogen) atoms. The van der Waals surface area contributed by atoms with Crippen LogP contribution >= 0.6 is 0 Å². The van der Waals surface area contributed by atoms with Gasteiger partial charge >= 0.3 is 0 Å². The highest BCUT2D eigenvalue weighted by atomic mass is 19.2. The Bertz CT molecular complexity index is 897. The van der Waals surface area contributed by atoms with E-state index in [9.17, 15) is 18.0 Å². The summed E-state index contributed by atoms with van der Waals surface area (Å²) >= 11 is 0. The molecular weight excluding hydrogens is 386 g/mol. The van der Waals surface area contributed by atoms with E-state index in [1.165, 1.54) is 4.90 Å². The number of hydrogen-bond acceptors (Lipinski definition) is 3. The molecule has 4 nitrogen and oxygen atoms in total. The molecule has 0 saturated carbocycles. The topological polar surface area (TPSA) is 59.2 Å². The molecule has 2 heterocycles. The fraction of sp³-hybridized carbons (Fsp3) is 0.429. The van der Waals surface area contributed by atoms with Crippen LogP contribution in [0.1, 0.15) is 36.2 Å². The first kappa shape index (κ1) is 21.2. The third-order valence-corrected chi connectivity index (χ3v) is 5.26. The summed E-state index contributed by atoms with van der Waals surface area (Å²) in [4.78, 5) is 18.3. The highest BCUT2D eigenvalue weighted by Gasteiger charge is 2.38. The predicted octanol–water partition coefficient (Wildman–Crippen LogP) is 3.55. The van der Waals surface area contributed by atoms with Crippen LogP contribution in [0.5, 0.6) is 0 Å². The lowest BCUT2D eigenvalue weighted by Gasteiger charge is -2.36. The van der Waals surface area contributed by atoms with Crippen molar-refractivity contribution in [3.8, 4) is 0 Å². The van der Waals surface area contributed by atoms with Crippen molar-refractivity contribution in [3.05, 3.63) is 64.7 Å². The number of benzene rings is 1. The van der Waals surface area contributed by atoms with Gasteiger partial charge in [0.05, 0.1) is 5.69 Å². The van der Waals surface area contributed by atoms with E-state index >= 15 is 4.39 Å². The van der Waals surface area contributed by atoms with Crippen molar-refractivity contribution in [1.82, 2.24) is 9.88 Å². The van der Waals surface area contributed by atoms with Crippen molar-refractivity contribution in [3.63, 3.8) is 0 Å². The van der Waals surface area contributed by atoms with Crippen LogP contribution in [0, 0.1) is 24.4 Å². The molecule has 1 amide bonds. The number of hydrogen-bond donors (Lipinski definition) is 1. The maximum atomic E-state index is 15.3. The summed E-state index contributed by atoms with van der Waals surface area (Å²) in [6.45, 7) is 2.23. The summed E-state index contributed by atoms with van der Waals surface area (Å²) in [7, 11) is 0. The minimum absolute atomic E-state index is 0.0869. The second-order valence-electron chi connectivity index (χ2n) is 7.54. The average molecular weight is 409 g/mol. The number of nitrogens with two attached hydrogens (primary N) is 1. The zero-order chi connectivity index (χ0) is 21.2. The molecule has 1 aliphatic rings. The smallest absolute Gasteiger partial charge is 0.224 e. The summed E-state index contributed by atoms with van der Waals surface area (Å²) in [5.74, 6) is -3.63. The van der Waals surface area contributed by atoms with Gasteiger partial charge in [0.25, 0.3) is 0 Å². The predicted molar refractivity (Wildman–Crippen MR) is 100 cm³/mol. The maximum Gasteiger partial charge on any atom is 0.224 e. The van der Waals surface area contributed by atoms with Gasteiger partial charge in [0.1, 0.15) is 5.82 Å². The minimum atomic E-state index is -1.58. The SMILES string of the molecule is Cc1cccc(C2(F)CCN(C(=O)C[C@H](N)Cc3cc(F)c(F)cc3F)CC2)n1. The second-order valence-corrected chi connectivity index (χ2v) is 7.54. The number of aromatic nitrogens is 1. The molecule has 1 atom stereocenters. The van der Waals surface area contributed by atoms with E-state index in [-0.39, 0.29) is 50.2 Å². The fourth-order valence-corrected chi connectivity index (χ4v) is 3.59. The van der Waals surface area contributed by atoms with Crippen LogP contribution in [0.3, 0.4) is 0 Å². The lowest BCUT2D eigenvalue weighted by Crippen LogP contribution is -2.45. The van der Waals surface area contributed by atoms with E-state index in [2.05, 4.69) is 4.98 Å². The zero-order valence-electron chi connectivity index (χ0n) is 16.1. The number of amides is 1. The standard InChI is InChI=1S/C21H23F4N3O/c1-13-3-2-4-19(27-13)21(25)5-7-28(8-6-21)20(29)11-15(26)9-14-10-17(23)18(24)12-16(14)22/h2-4,10,12,15H,5-9,11,26H2,1H3/t15-/m1/s1. The van der Waals surface area contributed by atoms with Crippen LogP contribution in [0.25, 0.3) is 0 Å². The minimum Gasteiger partial charge on any atom is -0.342 e. The number of pyridine rings is 1. The number of rotatable bonds is 5. The van der Waals surface area contributed by atoms with Crippen molar-refractivity contribution < 1.29 is 22.4 Å². The van der Waals surface area contributed by atoms with Crippen molar-refractivity contribution >= 4 is 5.91 Å². The summed E-state index contributed by atoms with van der Waals surface area (Å²) in [6.07, 6.45) is 0.0494. The lowest BCUT2D eigenvalue weighted by molar-refractivity contribution is -0.134. The van der Waals surface area contributed by atoms with E-state index in [0.717, 1.165) is 11.8 Å². The summed E-state index contributed by atoms with van der Waals surface area (Å²) < 4.78 is 55.3. The second kappa shape index (κ2) is 8.49. The third-order valence-electron chi connectivity index (χ3n) is 5.26. The molecule has 1 aromatic carbocycles. The molecule has 2 N–H and O–H groups in total. The van der Waals surface area contributed by atoms with Gasteiger partial charge in [-0.2, -0.15) is 0 Å². The van der Waals surface area contributed by atoms with Gasteiger partial charge in [-0.05, 0) is 37.1 Å². The first-order chi connectivity index (χ1) is 13.7. The van der Waals surface area contributed by atoms with Crippen molar-refractivity contribution in [2.75, 3.05) is 13.1 Å². The van der Waals surface area contributed by atoms with Crippen LogP contribution in [0.4, 0.5) is 17.6 Å². The summed E-state index contributed by atoms with van der Waals surface area (Å²) in [5, 5.41) is 0. The van der Waals surface area contributed by atoms with Crippen LogP contribution < -0.4 is 5.73 Å². The Morgan fingerprint density at radius 2 is 1.83 bits per heavy atom. The summed E-state index contributed by atoms with van der Waals surface area (Å²) in [5.41, 5.74) is 5.35. The monoisotopic (exact) mass is 409 g/mol. The van der Waals surface area contributed by atoms with E-state index in [0.29, 0.717) is 11.8 Å². The number of piperidine rings is 1. The van der Waals surface area contributed by atoms with Crippen LogP contribution in [-0.4, -0.2) is 34.9 Å². The first-order valence-electron chi connectivity index (χ1n) is 9.48. The Morgan fingerprint density at radius 1 is 1.17 bits per heavy atom. The number of alkyl halides is 1. The Morgan fingerprint density at radius 3 is 2.48 bits per heavy atom. The molecule has 3 rings (SSSR count). The molecule has 0 radical (unpaired) electrons. The van der Waals surface area contributed by atoms with E-state index in [1.807, 2.05) is 0 Å². The largest absolute Gasteiger partial charge is 0.342 e. The molecule has 0 spiro atoms. The number of carbonyl (C=O) groups excluding carboxylic acids is 1. The molecule has 0 bridgehead atoms. The Labute approximate surface area is 166 Å². The highest BCUT2D eigenvalue weighted by molar-refractivity contribution is 5.77. The van der Waals surface area contributed by atoms with Gasteiger partial charge in [-0.15, -0.1) is 0 Å². The molecule has 0 aliphatic carbocycles. The fourth-order valence-electron chi connectivity index (χ4n) is 3.59.